The largest absolute Gasteiger partial charge is 0.493 e. The molecule has 1 N–H and O–H groups in total. The third-order valence-corrected chi connectivity index (χ3v) is 5.73. The minimum Gasteiger partial charge on any atom is -0.493 e. The molecule has 11 nitrogen and oxygen atoms in total. The van der Waals surface area contributed by atoms with E-state index >= 15 is 0 Å². The van der Waals surface area contributed by atoms with Crippen LogP contribution in [0.5, 0.6) is 11.5 Å². The Morgan fingerprint density at radius 2 is 1.91 bits per heavy atom. The van der Waals surface area contributed by atoms with Crippen LogP contribution in [0.2, 0.25) is 0 Å². The molecule has 0 saturated carbocycles. The van der Waals surface area contributed by atoms with Crippen molar-refractivity contribution in [1.82, 2.24) is 20.1 Å². The van der Waals surface area contributed by atoms with Gasteiger partial charge in [-0.3, -0.25) is 14.5 Å². The lowest BCUT2D eigenvalue weighted by Gasteiger charge is -2.39. The number of amides is 4. The number of carbonyl (C=O) groups excluding carboxylic acids is 3. The van der Waals surface area contributed by atoms with E-state index in [0.717, 1.165) is 10.5 Å². The number of benzene rings is 2. The number of likely N-dealkylation sites (N-methyl/N-ethyl adjacent to an activating group) is 2. The first kappa shape index (κ1) is 23.7. The lowest BCUT2D eigenvalue weighted by molar-refractivity contribution is -0.136. The standard InChI is InChI=1S/C24H26N6O5/c1-28-22-21(23(32)29(2)24(28)33)30(15-25-22)13-20(31)27-26-12-17-9-10-18(19(11-17)34-3)35-14-16-7-5-4-6-8-16/h4-12,15,21-22H,13-14H2,1-3H3,(H,27,31)/b26-12+. The Hall–Kier alpha value is -4.41. The highest BCUT2D eigenvalue weighted by atomic mass is 16.5. The monoisotopic (exact) mass is 478 g/mol. The molecule has 2 atom stereocenters. The number of ether oxygens (including phenoxy) is 2. The Bertz CT molecular complexity index is 1170. The lowest BCUT2D eigenvalue weighted by Crippen LogP contribution is -2.64. The summed E-state index contributed by atoms with van der Waals surface area (Å²) in [4.78, 5) is 45.1. The summed E-state index contributed by atoms with van der Waals surface area (Å²) in [5.74, 6) is 0.284. The molecule has 182 valence electrons. The Morgan fingerprint density at radius 3 is 2.66 bits per heavy atom. The van der Waals surface area contributed by atoms with Crippen molar-refractivity contribution in [1.29, 1.82) is 0 Å². The number of imide groups is 1. The molecule has 0 aliphatic carbocycles. The fourth-order valence-electron chi connectivity index (χ4n) is 3.84. The number of hydrazone groups is 1. The van der Waals surface area contributed by atoms with Gasteiger partial charge in [-0.05, 0) is 29.3 Å². The Labute approximate surface area is 202 Å². The zero-order chi connectivity index (χ0) is 24.9. The van der Waals surface area contributed by atoms with Crippen molar-refractivity contribution in [3.05, 3.63) is 59.7 Å². The van der Waals surface area contributed by atoms with E-state index in [9.17, 15) is 14.4 Å². The topological polar surface area (TPSA) is 116 Å². The molecule has 4 amide bonds. The fourth-order valence-corrected chi connectivity index (χ4v) is 3.84. The van der Waals surface area contributed by atoms with Crippen LogP contribution in [0, 0.1) is 0 Å². The number of aliphatic imine (C=N–C) groups is 1. The summed E-state index contributed by atoms with van der Waals surface area (Å²) in [6, 6.07) is 13.9. The van der Waals surface area contributed by atoms with Crippen LogP contribution >= 0.6 is 0 Å². The third kappa shape index (κ3) is 5.08. The molecule has 2 heterocycles. The molecule has 2 unspecified atom stereocenters. The zero-order valence-electron chi connectivity index (χ0n) is 19.6. The first-order valence-corrected chi connectivity index (χ1v) is 10.9. The normalized spacial score (nSPS) is 19.3. The molecule has 2 aliphatic rings. The highest BCUT2D eigenvalue weighted by molar-refractivity contribution is 6.02. The molecule has 0 aromatic heterocycles. The summed E-state index contributed by atoms with van der Waals surface area (Å²) in [5.41, 5.74) is 4.18. The fraction of sp³-hybridized carbons (Fsp3) is 0.292. The van der Waals surface area contributed by atoms with E-state index in [1.165, 1.54) is 29.4 Å². The van der Waals surface area contributed by atoms with Gasteiger partial charge < -0.3 is 19.3 Å². The van der Waals surface area contributed by atoms with Gasteiger partial charge in [-0.15, -0.1) is 0 Å². The van der Waals surface area contributed by atoms with E-state index in [-0.39, 0.29) is 6.54 Å². The van der Waals surface area contributed by atoms with Gasteiger partial charge in [0, 0.05) is 14.1 Å². The van der Waals surface area contributed by atoms with Crippen LogP contribution in [0.15, 0.2) is 58.6 Å². The van der Waals surface area contributed by atoms with Crippen molar-refractivity contribution in [2.24, 2.45) is 10.1 Å². The van der Waals surface area contributed by atoms with E-state index in [1.54, 1.807) is 32.4 Å². The molecular formula is C24H26N6O5. The molecule has 1 saturated heterocycles. The summed E-state index contributed by atoms with van der Waals surface area (Å²) in [5, 5.41) is 4.00. The third-order valence-electron chi connectivity index (χ3n) is 5.73. The molecule has 1 fully saturated rings. The lowest BCUT2D eigenvalue weighted by atomic mass is 10.1. The van der Waals surface area contributed by atoms with Crippen LogP contribution in [0.4, 0.5) is 4.79 Å². The number of rotatable bonds is 8. The highest BCUT2D eigenvalue weighted by Crippen LogP contribution is 2.28. The van der Waals surface area contributed by atoms with Gasteiger partial charge in [0.1, 0.15) is 13.2 Å². The summed E-state index contributed by atoms with van der Waals surface area (Å²) in [7, 11) is 4.53. The van der Waals surface area contributed by atoms with E-state index in [4.69, 9.17) is 9.47 Å². The number of nitrogens with zero attached hydrogens (tertiary/aromatic N) is 5. The average molecular weight is 479 g/mol. The molecule has 35 heavy (non-hydrogen) atoms. The maximum Gasteiger partial charge on any atom is 0.328 e. The summed E-state index contributed by atoms with van der Waals surface area (Å²) in [6.45, 7) is 0.268. The highest BCUT2D eigenvalue weighted by Gasteiger charge is 2.48. The summed E-state index contributed by atoms with van der Waals surface area (Å²) >= 11 is 0. The molecule has 2 aromatic carbocycles. The molecular weight excluding hydrogens is 452 g/mol. The van der Waals surface area contributed by atoms with Crippen LogP contribution < -0.4 is 14.9 Å². The van der Waals surface area contributed by atoms with Gasteiger partial charge in [0.15, 0.2) is 23.7 Å². The predicted molar refractivity (Wildman–Crippen MR) is 128 cm³/mol. The first-order chi connectivity index (χ1) is 16.9. The molecule has 0 bridgehead atoms. The molecule has 11 heteroatoms. The van der Waals surface area contributed by atoms with Crippen LogP contribution in [0.3, 0.4) is 0 Å². The van der Waals surface area contributed by atoms with Crippen LogP contribution in [-0.2, 0) is 16.2 Å². The van der Waals surface area contributed by atoms with Crippen molar-refractivity contribution >= 4 is 30.4 Å². The smallest absolute Gasteiger partial charge is 0.328 e. The van der Waals surface area contributed by atoms with Crippen molar-refractivity contribution in [2.75, 3.05) is 27.7 Å². The number of hydrogen-bond donors (Lipinski definition) is 1. The van der Waals surface area contributed by atoms with Gasteiger partial charge in [-0.2, -0.15) is 5.10 Å². The predicted octanol–water partition coefficient (Wildman–Crippen LogP) is 1.29. The Kier molecular flexibility index (Phi) is 6.95. The first-order valence-electron chi connectivity index (χ1n) is 10.9. The second-order valence-electron chi connectivity index (χ2n) is 8.06. The van der Waals surface area contributed by atoms with Gasteiger partial charge in [-0.1, -0.05) is 30.3 Å². The van der Waals surface area contributed by atoms with Crippen LogP contribution in [-0.4, -0.2) is 85.1 Å². The molecule has 0 spiro atoms. The van der Waals surface area contributed by atoms with Crippen molar-refractivity contribution in [3.63, 3.8) is 0 Å². The molecule has 4 rings (SSSR count). The van der Waals surface area contributed by atoms with E-state index in [1.807, 2.05) is 30.3 Å². The van der Waals surface area contributed by atoms with Gasteiger partial charge in [0.25, 0.3) is 11.8 Å². The minimum atomic E-state index is -0.745. The second-order valence-corrected chi connectivity index (χ2v) is 8.06. The second kappa shape index (κ2) is 10.2. The van der Waals surface area contributed by atoms with E-state index < -0.39 is 30.1 Å². The van der Waals surface area contributed by atoms with Gasteiger partial charge in [0.2, 0.25) is 0 Å². The van der Waals surface area contributed by atoms with Crippen LogP contribution in [0.25, 0.3) is 0 Å². The minimum absolute atomic E-state index is 0.140. The molecule has 0 radical (unpaired) electrons. The number of urea groups is 1. The summed E-state index contributed by atoms with van der Waals surface area (Å²) in [6.07, 6.45) is 2.24. The SMILES string of the molecule is COc1cc(/C=N/NC(=O)CN2C=NC3C2C(=O)N(C)C(=O)N3C)ccc1OCc1ccccc1. The molecule has 2 aromatic rings. The zero-order valence-corrected chi connectivity index (χ0v) is 19.6. The Balaban J connectivity index is 1.32. The van der Waals surface area contributed by atoms with Crippen molar-refractivity contribution in [2.45, 2.75) is 18.8 Å². The van der Waals surface area contributed by atoms with E-state index in [2.05, 4.69) is 15.5 Å². The number of fused-ring (bicyclic) bond motifs is 1. The Morgan fingerprint density at radius 1 is 1.14 bits per heavy atom. The van der Waals surface area contributed by atoms with Crippen LogP contribution in [0.1, 0.15) is 11.1 Å². The molecule has 2 aliphatic heterocycles. The van der Waals surface area contributed by atoms with Gasteiger partial charge in [-0.25, -0.2) is 15.2 Å². The number of hydrogen-bond acceptors (Lipinski definition) is 8. The van der Waals surface area contributed by atoms with E-state index in [0.29, 0.717) is 23.7 Å². The van der Waals surface area contributed by atoms with Gasteiger partial charge >= 0.3 is 6.03 Å². The van der Waals surface area contributed by atoms with Crippen molar-refractivity contribution < 1.29 is 23.9 Å². The summed E-state index contributed by atoms with van der Waals surface area (Å²) < 4.78 is 11.3. The maximum atomic E-state index is 12.5. The maximum absolute atomic E-state index is 12.5. The number of nitrogens with one attached hydrogen (secondary N) is 1. The quantitative estimate of drug-likeness (QED) is 0.452. The van der Waals surface area contributed by atoms with Gasteiger partial charge in [0.05, 0.1) is 19.7 Å². The number of carbonyl (C=O) groups is 3. The average Bonchev–Trinajstić information content (AvgIpc) is 3.29. The number of methoxy groups -OCH3 is 1. The van der Waals surface area contributed by atoms with Crippen molar-refractivity contribution in [3.8, 4) is 11.5 Å².